The lowest BCUT2D eigenvalue weighted by molar-refractivity contribution is 0.493. The lowest BCUT2D eigenvalue weighted by Crippen LogP contribution is -2.39. The first-order chi connectivity index (χ1) is 11.2. The smallest absolute Gasteiger partial charge is 0.0591 e. The van der Waals surface area contributed by atoms with E-state index in [0.29, 0.717) is 5.92 Å². The molecular formula is C22H23N. The average molecular weight is 301 g/mol. The van der Waals surface area contributed by atoms with Gasteiger partial charge in [0.1, 0.15) is 0 Å². The highest BCUT2D eigenvalue weighted by Crippen LogP contribution is 2.30. The summed E-state index contributed by atoms with van der Waals surface area (Å²) in [7, 11) is 0. The Morgan fingerprint density at radius 3 is 2.43 bits per heavy atom. The summed E-state index contributed by atoms with van der Waals surface area (Å²) in [5.41, 5.74) is 3.51. The Morgan fingerprint density at radius 2 is 1.65 bits per heavy atom. The fourth-order valence-corrected chi connectivity index (χ4v) is 2.79. The van der Waals surface area contributed by atoms with Crippen LogP contribution in [-0.2, 0) is 0 Å². The molecule has 2 aromatic carbocycles. The van der Waals surface area contributed by atoms with E-state index in [-0.39, 0.29) is 5.54 Å². The Kier molecular flexibility index (Phi) is 4.47. The van der Waals surface area contributed by atoms with Crippen LogP contribution in [0, 0.1) is 5.92 Å². The van der Waals surface area contributed by atoms with Crippen LogP contribution in [-0.4, -0.2) is 5.54 Å². The molecule has 1 N–H and O–H groups in total. The van der Waals surface area contributed by atoms with E-state index in [1.807, 2.05) is 6.07 Å². The maximum Gasteiger partial charge on any atom is 0.0591 e. The summed E-state index contributed by atoms with van der Waals surface area (Å²) in [6.45, 7) is 4.49. The predicted molar refractivity (Wildman–Crippen MR) is 101 cm³/mol. The van der Waals surface area contributed by atoms with Gasteiger partial charge in [-0.3, -0.25) is 0 Å². The van der Waals surface area contributed by atoms with E-state index in [0.717, 1.165) is 5.69 Å². The maximum absolute atomic E-state index is 3.72. The first kappa shape index (κ1) is 15.4. The summed E-state index contributed by atoms with van der Waals surface area (Å²) in [6.07, 6.45) is 13.1. The van der Waals surface area contributed by atoms with Crippen molar-refractivity contribution < 1.29 is 0 Å². The number of rotatable bonds is 4. The maximum atomic E-state index is 3.72. The van der Waals surface area contributed by atoms with Gasteiger partial charge in [0.15, 0.2) is 0 Å². The molecule has 0 spiro atoms. The van der Waals surface area contributed by atoms with Gasteiger partial charge in [-0.1, -0.05) is 91.9 Å². The van der Waals surface area contributed by atoms with E-state index in [4.69, 9.17) is 0 Å². The van der Waals surface area contributed by atoms with Crippen molar-refractivity contribution >= 4 is 17.8 Å². The molecule has 0 amide bonds. The summed E-state index contributed by atoms with van der Waals surface area (Å²) < 4.78 is 0. The van der Waals surface area contributed by atoms with Crippen molar-refractivity contribution in [3.63, 3.8) is 0 Å². The van der Waals surface area contributed by atoms with Gasteiger partial charge < -0.3 is 5.32 Å². The Hall–Kier alpha value is -2.54. The third-order valence-corrected chi connectivity index (χ3v) is 4.52. The van der Waals surface area contributed by atoms with E-state index < -0.39 is 0 Å². The summed E-state index contributed by atoms with van der Waals surface area (Å²) in [5.74, 6) is 0.443. The summed E-state index contributed by atoms with van der Waals surface area (Å²) in [6, 6.07) is 18.9. The van der Waals surface area contributed by atoms with Crippen LogP contribution >= 0.6 is 0 Å². The Balaban J connectivity index is 1.85. The zero-order chi connectivity index (χ0) is 16.1. The predicted octanol–water partition coefficient (Wildman–Crippen LogP) is 5.79. The van der Waals surface area contributed by atoms with E-state index in [1.54, 1.807) is 0 Å². The van der Waals surface area contributed by atoms with Crippen molar-refractivity contribution in [2.45, 2.75) is 19.4 Å². The molecule has 2 aromatic rings. The second kappa shape index (κ2) is 6.70. The van der Waals surface area contributed by atoms with Gasteiger partial charge in [0.2, 0.25) is 0 Å². The molecule has 0 aromatic heterocycles. The van der Waals surface area contributed by atoms with Gasteiger partial charge in [0, 0.05) is 11.6 Å². The SMILES string of the molecule is CC1C=CC=CC1(C)Nc1ccccc1C=Cc1ccccc1. The fraction of sp³-hybridized carbons (Fsp3) is 0.182. The third kappa shape index (κ3) is 3.62. The highest BCUT2D eigenvalue weighted by Gasteiger charge is 2.28. The van der Waals surface area contributed by atoms with Crippen molar-refractivity contribution in [3.05, 3.63) is 90.0 Å². The van der Waals surface area contributed by atoms with Gasteiger partial charge >= 0.3 is 0 Å². The molecule has 2 atom stereocenters. The molecule has 23 heavy (non-hydrogen) atoms. The normalized spacial score (nSPS) is 23.3. The van der Waals surface area contributed by atoms with E-state index in [1.165, 1.54) is 11.1 Å². The van der Waals surface area contributed by atoms with E-state index in [2.05, 4.69) is 104 Å². The third-order valence-electron chi connectivity index (χ3n) is 4.52. The Labute approximate surface area is 139 Å². The van der Waals surface area contributed by atoms with Crippen molar-refractivity contribution in [2.75, 3.05) is 5.32 Å². The summed E-state index contributed by atoms with van der Waals surface area (Å²) >= 11 is 0. The fourth-order valence-electron chi connectivity index (χ4n) is 2.79. The Bertz CT molecular complexity index is 740. The first-order valence-electron chi connectivity index (χ1n) is 8.14. The molecule has 0 saturated carbocycles. The molecule has 0 bridgehead atoms. The number of anilines is 1. The number of nitrogens with one attached hydrogen (secondary N) is 1. The summed E-state index contributed by atoms with van der Waals surface area (Å²) in [4.78, 5) is 0. The second-order valence-corrected chi connectivity index (χ2v) is 6.27. The van der Waals surface area contributed by atoms with E-state index in [9.17, 15) is 0 Å². The lowest BCUT2D eigenvalue weighted by atomic mass is 9.83. The molecule has 3 rings (SSSR count). The number of benzene rings is 2. The zero-order valence-corrected chi connectivity index (χ0v) is 13.7. The highest BCUT2D eigenvalue weighted by molar-refractivity contribution is 5.77. The van der Waals surface area contributed by atoms with Gasteiger partial charge in [0.25, 0.3) is 0 Å². The Morgan fingerprint density at radius 1 is 0.913 bits per heavy atom. The number of para-hydroxylation sites is 1. The van der Waals surface area contributed by atoms with Crippen LogP contribution < -0.4 is 5.32 Å². The molecule has 1 aliphatic carbocycles. The molecule has 0 saturated heterocycles. The van der Waals surface area contributed by atoms with Crippen molar-refractivity contribution in [1.29, 1.82) is 0 Å². The van der Waals surface area contributed by atoms with E-state index >= 15 is 0 Å². The largest absolute Gasteiger partial charge is 0.375 e. The van der Waals surface area contributed by atoms with Crippen molar-refractivity contribution in [1.82, 2.24) is 0 Å². The first-order valence-corrected chi connectivity index (χ1v) is 8.14. The molecule has 0 heterocycles. The highest BCUT2D eigenvalue weighted by atomic mass is 15.0. The van der Waals surface area contributed by atoms with Crippen LogP contribution in [0.25, 0.3) is 12.2 Å². The number of hydrogen-bond acceptors (Lipinski definition) is 1. The van der Waals surface area contributed by atoms with Crippen molar-refractivity contribution in [2.24, 2.45) is 5.92 Å². The van der Waals surface area contributed by atoms with Crippen LogP contribution in [0.3, 0.4) is 0 Å². The molecular weight excluding hydrogens is 278 g/mol. The monoisotopic (exact) mass is 301 g/mol. The van der Waals surface area contributed by atoms with Crippen LogP contribution in [0.4, 0.5) is 5.69 Å². The number of allylic oxidation sites excluding steroid dienone is 2. The molecule has 2 unspecified atom stereocenters. The van der Waals surface area contributed by atoms with Crippen LogP contribution in [0.15, 0.2) is 78.9 Å². The van der Waals surface area contributed by atoms with Crippen LogP contribution in [0.2, 0.25) is 0 Å². The molecule has 0 radical (unpaired) electrons. The average Bonchev–Trinajstić information content (AvgIpc) is 2.58. The minimum Gasteiger partial charge on any atom is -0.375 e. The second-order valence-electron chi connectivity index (χ2n) is 6.27. The lowest BCUT2D eigenvalue weighted by Gasteiger charge is -2.35. The zero-order valence-electron chi connectivity index (χ0n) is 13.7. The van der Waals surface area contributed by atoms with Crippen LogP contribution in [0.5, 0.6) is 0 Å². The minimum absolute atomic E-state index is 0.0640. The minimum atomic E-state index is -0.0640. The molecule has 1 heteroatoms. The standard InChI is InChI=1S/C22H23N/c1-18-10-8-9-17-22(18,2)23-21-14-7-6-13-20(21)16-15-19-11-4-3-5-12-19/h3-18,23H,1-2H3. The number of hydrogen-bond donors (Lipinski definition) is 1. The molecule has 116 valence electrons. The molecule has 1 nitrogen and oxygen atoms in total. The van der Waals surface area contributed by atoms with Crippen LogP contribution in [0.1, 0.15) is 25.0 Å². The molecule has 1 aliphatic rings. The van der Waals surface area contributed by atoms with Crippen molar-refractivity contribution in [3.8, 4) is 0 Å². The van der Waals surface area contributed by atoms with Gasteiger partial charge in [-0.2, -0.15) is 0 Å². The molecule has 0 fully saturated rings. The van der Waals surface area contributed by atoms with Gasteiger partial charge in [0.05, 0.1) is 5.54 Å². The van der Waals surface area contributed by atoms with Gasteiger partial charge in [-0.15, -0.1) is 0 Å². The summed E-state index contributed by atoms with van der Waals surface area (Å²) in [5, 5.41) is 3.72. The quantitative estimate of drug-likeness (QED) is 0.705. The van der Waals surface area contributed by atoms with Gasteiger partial charge in [-0.05, 0) is 24.1 Å². The topological polar surface area (TPSA) is 12.0 Å². The van der Waals surface area contributed by atoms with Gasteiger partial charge in [-0.25, -0.2) is 0 Å². The molecule has 0 aliphatic heterocycles.